The summed E-state index contributed by atoms with van der Waals surface area (Å²) in [5, 5.41) is 9.15. The molecular weight excluding hydrogens is 184 g/mol. The summed E-state index contributed by atoms with van der Waals surface area (Å²) in [5.41, 5.74) is -1.01. The van der Waals surface area contributed by atoms with Crippen molar-refractivity contribution in [3.63, 3.8) is 0 Å². The Labute approximate surface area is 84.2 Å². The SMILES string of the molecule is CCOC1(C(=O)O)CCCC(OC)C1. The van der Waals surface area contributed by atoms with E-state index < -0.39 is 11.6 Å². The van der Waals surface area contributed by atoms with Gasteiger partial charge in [-0.3, -0.25) is 0 Å². The maximum atomic E-state index is 11.1. The van der Waals surface area contributed by atoms with Gasteiger partial charge in [-0.05, 0) is 26.2 Å². The molecule has 1 aliphatic rings. The highest BCUT2D eigenvalue weighted by atomic mass is 16.5. The molecule has 0 heterocycles. The van der Waals surface area contributed by atoms with Crippen molar-refractivity contribution >= 4 is 5.97 Å². The molecule has 0 saturated heterocycles. The molecule has 2 atom stereocenters. The van der Waals surface area contributed by atoms with Crippen LogP contribution in [0.3, 0.4) is 0 Å². The predicted molar refractivity (Wildman–Crippen MR) is 51.3 cm³/mol. The molecule has 1 N–H and O–H groups in total. The lowest BCUT2D eigenvalue weighted by Crippen LogP contribution is -2.47. The van der Waals surface area contributed by atoms with Gasteiger partial charge in [-0.25, -0.2) is 4.79 Å². The smallest absolute Gasteiger partial charge is 0.336 e. The van der Waals surface area contributed by atoms with E-state index in [-0.39, 0.29) is 6.10 Å². The summed E-state index contributed by atoms with van der Waals surface area (Å²) >= 11 is 0. The highest BCUT2D eigenvalue weighted by molar-refractivity contribution is 5.77. The Morgan fingerprint density at radius 2 is 2.36 bits per heavy atom. The second kappa shape index (κ2) is 4.75. The third-order valence-corrected chi connectivity index (χ3v) is 2.81. The molecule has 1 saturated carbocycles. The minimum absolute atomic E-state index is 0.0198. The number of carboxylic acid groups (broad SMARTS) is 1. The lowest BCUT2D eigenvalue weighted by atomic mass is 9.83. The van der Waals surface area contributed by atoms with Crippen LogP contribution in [0.5, 0.6) is 0 Å². The second-order valence-electron chi connectivity index (χ2n) is 3.69. The van der Waals surface area contributed by atoms with Crippen molar-refractivity contribution < 1.29 is 19.4 Å². The highest BCUT2D eigenvalue weighted by Crippen LogP contribution is 2.33. The van der Waals surface area contributed by atoms with Crippen molar-refractivity contribution in [2.75, 3.05) is 13.7 Å². The van der Waals surface area contributed by atoms with Crippen LogP contribution < -0.4 is 0 Å². The minimum atomic E-state index is -1.01. The first-order chi connectivity index (χ1) is 6.64. The van der Waals surface area contributed by atoms with Crippen LogP contribution in [0.2, 0.25) is 0 Å². The van der Waals surface area contributed by atoms with E-state index in [0.717, 1.165) is 12.8 Å². The van der Waals surface area contributed by atoms with Crippen molar-refractivity contribution in [3.05, 3.63) is 0 Å². The number of hydrogen-bond acceptors (Lipinski definition) is 3. The monoisotopic (exact) mass is 202 g/mol. The van der Waals surface area contributed by atoms with Gasteiger partial charge in [0.1, 0.15) is 0 Å². The van der Waals surface area contributed by atoms with Crippen LogP contribution >= 0.6 is 0 Å². The lowest BCUT2D eigenvalue weighted by Gasteiger charge is -2.36. The molecule has 0 radical (unpaired) electrons. The molecule has 0 aromatic carbocycles. The summed E-state index contributed by atoms with van der Waals surface area (Å²) in [6.07, 6.45) is 2.86. The molecule has 1 rings (SSSR count). The molecule has 0 aromatic heterocycles. The molecule has 0 amide bonds. The van der Waals surface area contributed by atoms with Gasteiger partial charge >= 0.3 is 5.97 Å². The molecule has 4 nitrogen and oxygen atoms in total. The number of hydrogen-bond donors (Lipinski definition) is 1. The molecule has 14 heavy (non-hydrogen) atoms. The summed E-state index contributed by atoms with van der Waals surface area (Å²) in [6.45, 7) is 2.25. The maximum absolute atomic E-state index is 11.1. The van der Waals surface area contributed by atoms with E-state index in [1.165, 1.54) is 0 Å². The standard InChI is InChI=1S/C10H18O4/c1-3-14-10(9(11)12)6-4-5-8(7-10)13-2/h8H,3-7H2,1-2H3,(H,11,12). The van der Waals surface area contributed by atoms with Crippen LogP contribution in [0.15, 0.2) is 0 Å². The fourth-order valence-corrected chi connectivity index (χ4v) is 2.05. The summed E-state index contributed by atoms with van der Waals surface area (Å²) < 4.78 is 10.6. The molecule has 1 aliphatic carbocycles. The van der Waals surface area contributed by atoms with E-state index >= 15 is 0 Å². The number of methoxy groups -OCH3 is 1. The van der Waals surface area contributed by atoms with Gasteiger partial charge in [0.2, 0.25) is 0 Å². The van der Waals surface area contributed by atoms with Gasteiger partial charge in [0, 0.05) is 20.1 Å². The van der Waals surface area contributed by atoms with Crippen molar-refractivity contribution in [1.29, 1.82) is 0 Å². The Hall–Kier alpha value is -0.610. The summed E-state index contributed by atoms with van der Waals surface area (Å²) in [6, 6.07) is 0. The first-order valence-corrected chi connectivity index (χ1v) is 5.05. The van der Waals surface area contributed by atoms with E-state index in [1.807, 2.05) is 6.92 Å². The van der Waals surface area contributed by atoms with E-state index in [1.54, 1.807) is 7.11 Å². The summed E-state index contributed by atoms with van der Waals surface area (Å²) in [4.78, 5) is 11.1. The fourth-order valence-electron chi connectivity index (χ4n) is 2.05. The average molecular weight is 202 g/mol. The number of aliphatic carboxylic acids is 1. The van der Waals surface area contributed by atoms with Crippen molar-refractivity contribution in [2.24, 2.45) is 0 Å². The van der Waals surface area contributed by atoms with Crippen molar-refractivity contribution in [3.8, 4) is 0 Å². The van der Waals surface area contributed by atoms with E-state index in [0.29, 0.717) is 19.4 Å². The minimum Gasteiger partial charge on any atom is -0.479 e. The largest absolute Gasteiger partial charge is 0.479 e. The summed E-state index contributed by atoms with van der Waals surface area (Å²) in [5.74, 6) is -0.860. The van der Waals surface area contributed by atoms with Gasteiger partial charge < -0.3 is 14.6 Å². The van der Waals surface area contributed by atoms with Crippen LogP contribution in [0.4, 0.5) is 0 Å². The first-order valence-electron chi connectivity index (χ1n) is 5.05. The third kappa shape index (κ3) is 2.25. The Morgan fingerprint density at radius 3 is 2.86 bits per heavy atom. The zero-order valence-electron chi connectivity index (χ0n) is 8.78. The van der Waals surface area contributed by atoms with Gasteiger partial charge in [0.15, 0.2) is 5.60 Å². The van der Waals surface area contributed by atoms with Gasteiger partial charge in [0.25, 0.3) is 0 Å². The van der Waals surface area contributed by atoms with Crippen LogP contribution in [-0.2, 0) is 14.3 Å². The van der Waals surface area contributed by atoms with Crippen molar-refractivity contribution in [1.82, 2.24) is 0 Å². The van der Waals surface area contributed by atoms with Crippen LogP contribution in [0.25, 0.3) is 0 Å². The number of carboxylic acids is 1. The zero-order valence-corrected chi connectivity index (χ0v) is 8.78. The topological polar surface area (TPSA) is 55.8 Å². The zero-order chi connectivity index (χ0) is 10.6. The molecular formula is C10H18O4. The van der Waals surface area contributed by atoms with Gasteiger partial charge in [-0.1, -0.05) is 0 Å². The molecule has 0 bridgehead atoms. The molecule has 0 aliphatic heterocycles. The average Bonchev–Trinajstić information content (AvgIpc) is 2.18. The second-order valence-corrected chi connectivity index (χ2v) is 3.69. The van der Waals surface area contributed by atoms with Gasteiger partial charge in [-0.15, -0.1) is 0 Å². The predicted octanol–water partition coefficient (Wildman–Crippen LogP) is 1.44. The Kier molecular flexibility index (Phi) is 3.89. The summed E-state index contributed by atoms with van der Waals surface area (Å²) in [7, 11) is 1.62. The van der Waals surface area contributed by atoms with Gasteiger partial charge in [-0.2, -0.15) is 0 Å². The number of ether oxygens (including phenoxy) is 2. The normalized spacial score (nSPS) is 32.9. The fraction of sp³-hybridized carbons (Fsp3) is 0.900. The molecule has 1 fully saturated rings. The van der Waals surface area contributed by atoms with E-state index in [9.17, 15) is 4.79 Å². The van der Waals surface area contributed by atoms with Crippen LogP contribution in [0.1, 0.15) is 32.6 Å². The van der Waals surface area contributed by atoms with E-state index in [2.05, 4.69) is 0 Å². The van der Waals surface area contributed by atoms with E-state index in [4.69, 9.17) is 14.6 Å². The van der Waals surface area contributed by atoms with Crippen molar-refractivity contribution in [2.45, 2.75) is 44.3 Å². The molecule has 0 aromatic rings. The molecule has 2 unspecified atom stereocenters. The quantitative estimate of drug-likeness (QED) is 0.749. The molecule has 4 heteroatoms. The van der Waals surface area contributed by atoms with Crippen LogP contribution in [0, 0.1) is 0 Å². The Morgan fingerprint density at radius 1 is 1.64 bits per heavy atom. The highest BCUT2D eigenvalue weighted by Gasteiger charge is 2.43. The van der Waals surface area contributed by atoms with Gasteiger partial charge in [0.05, 0.1) is 6.10 Å². The lowest BCUT2D eigenvalue weighted by molar-refractivity contribution is -0.176. The number of carbonyl (C=O) groups is 1. The number of rotatable bonds is 4. The Bertz CT molecular complexity index is 200. The third-order valence-electron chi connectivity index (χ3n) is 2.81. The Balaban J connectivity index is 2.70. The first kappa shape index (κ1) is 11.5. The van der Waals surface area contributed by atoms with Crippen LogP contribution in [-0.4, -0.2) is 36.5 Å². The maximum Gasteiger partial charge on any atom is 0.336 e. The molecule has 0 spiro atoms. The molecule has 82 valence electrons.